The van der Waals surface area contributed by atoms with Crippen molar-refractivity contribution in [2.45, 2.75) is 30.2 Å². The molecule has 1 amide bonds. The third kappa shape index (κ3) is 4.80. The highest BCUT2D eigenvalue weighted by Crippen LogP contribution is 2.42. The van der Waals surface area contributed by atoms with Crippen molar-refractivity contribution in [3.05, 3.63) is 86.6 Å². The molecule has 10 heteroatoms. The minimum atomic E-state index is -0.570. The third-order valence-corrected chi connectivity index (χ3v) is 8.38. The quantitative estimate of drug-likeness (QED) is 0.280. The monoisotopic (exact) mass is 519 g/mol. The molecule has 1 aliphatic carbocycles. The summed E-state index contributed by atoms with van der Waals surface area (Å²) in [6.45, 7) is 0. The van der Waals surface area contributed by atoms with E-state index in [9.17, 15) is 14.9 Å². The number of nitrogens with zero attached hydrogens (tertiary/aromatic N) is 2. The molecule has 36 heavy (non-hydrogen) atoms. The molecule has 182 valence electrons. The topological polar surface area (TPSA) is 112 Å². The molecule has 1 unspecified atom stereocenters. The van der Waals surface area contributed by atoms with Crippen molar-refractivity contribution < 1.29 is 18.7 Å². The van der Waals surface area contributed by atoms with Crippen molar-refractivity contribution in [3.63, 3.8) is 0 Å². The number of aromatic amines is 1. The van der Waals surface area contributed by atoms with Gasteiger partial charge >= 0.3 is 10.7 Å². The van der Waals surface area contributed by atoms with Gasteiger partial charge in [0.1, 0.15) is 16.8 Å². The minimum Gasteiger partial charge on any atom is -0.497 e. The van der Waals surface area contributed by atoms with Crippen LogP contribution in [0.15, 0.2) is 68.9 Å². The summed E-state index contributed by atoms with van der Waals surface area (Å²) >= 11 is 2.54. The number of hydrogen-bond acceptors (Lipinski definition) is 7. The van der Waals surface area contributed by atoms with Crippen LogP contribution in [0.3, 0.4) is 0 Å². The normalized spacial score (nSPS) is 14.6. The van der Waals surface area contributed by atoms with Gasteiger partial charge in [-0.15, -0.1) is 11.3 Å². The van der Waals surface area contributed by atoms with E-state index in [1.807, 2.05) is 18.2 Å². The second-order valence-corrected chi connectivity index (χ2v) is 10.4. The van der Waals surface area contributed by atoms with Crippen molar-refractivity contribution in [3.8, 4) is 17.5 Å². The molecule has 1 aliphatic rings. The number of nitrogens with one attached hydrogen (secondary N) is 2. The van der Waals surface area contributed by atoms with E-state index in [1.165, 1.54) is 21.6 Å². The molecule has 2 aromatic heterocycles. The molecule has 8 nitrogen and oxygen atoms in total. The van der Waals surface area contributed by atoms with E-state index in [0.717, 1.165) is 41.5 Å². The lowest BCUT2D eigenvalue weighted by Crippen LogP contribution is -2.36. The molecule has 0 saturated carbocycles. The number of ether oxygens (including phenoxy) is 1. The molecule has 2 N–H and O–H groups in total. The Bertz CT molecular complexity index is 1480. The van der Waals surface area contributed by atoms with E-state index in [2.05, 4.69) is 28.8 Å². The number of thioether (sulfide) groups is 1. The van der Waals surface area contributed by atoms with Crippen LogP contribution in [0, 0.1) is 11.3 Å². The fourth-order valence-corrected chi connectivity index (χ4v) is 6.45. The number of aromatic nitrogens is 2. The average molecular weight is 520 g/mol. The van der Waals surface area contributed by atoms with Crippen LogP contribution in [0.1, 0.15) is 33.9 Å². The first kappa shape index (κ1) is 23.9. The fraction of sp³-hybridized carbons (Fsp3) is 0.231. The number of methoxy groups -OCH3 is 1. The number of carbonyl (C=O) groups is 1. The highest BCUT2D eigenvalue weighted by atomic mass is 32.2. The summed E-state index contributed by atoms with van der Waals surface area (Å²) in [5, 5.41) is 16.1. The first-order valence-corrected chi connectivity index (χ1v) is 13.2. The molecule has 0 aliphatic heterocycles. The maximum absolute atomic E-state index is 12.8. The lowest BCUT2D eigenvalue weighted by molar-refractivity contribution is -0.704. The highest BCUT2D eigenvalue weighted by molar-refractivity contribution is 7.99. The Hall–Kier alpha value is -3.81. The zero-order valence-corrected chi connectivity index (χ0v) is 21.1. The molecular weight excluding hydrogens is 496 g/mol. The van der Waals surface area contributed by atoms with Crippen LogP contribution in [-0.2, 0) is 17.6 Å². The number of carbonyl (C=O) groups excluding carboxylic acids is 1. The maximum Gasteiger partial charge on any atom is 0.442 e. The van der Waals surface area contributed by atoms with E-state index < -0.39 is 5.63 Å². The molecule has 4 aromatic rings. The van der Waals surface area contributed by atoms with Gasteiger partial charge in [-0.05, 0) is 70.2 Å². The lowest BCUT2D eigenvalue weighted by atomic mass is 9.83. The van der Waals surface area contributed by atoms with E-state index in [-0.39, 0.29) is 16.7 Å². The standard InChI is InChI=1S/C26H22N4O4S2/c1-33-19-10-8-18(9-11-19)30-25(26(32)34-29-30)35-15-23(31)28-24-21(14-27)20-12-7-17(13-22(20)36-24)16-5-3-2-4-6-16/h2-6,8-11,17H,7,12-13,15H2,1H3,(H-,28,29,31,32)/p+1. The maximum atomic E-state index is 12.8. The lowest BCUT2D eigenvalue weighted by Gasteiger charge is -2.22. The smallest absolute Gasteiger partial charge is 0.442 e. The van der Waals surface area contributed by atoms with E-state index in [1.54, 1.807) is 31.4 Å². The highest BCUT2D eigenvalue weighted by Gasteiger charge is 2.28. The first-order valence-electron chi connectivity index (χ1n) is 11.4. The van der Waals surface area contributed by atoms with Gasteiger partial charge in [0.25, 0.3) is 0 Å². The Morgan fingerprint density at radius 1 is 1.28 bits per heavy atom. The van der Waals surface area contributed by atoms with Gasteiger partial charge in [0, 0.05) is 17.0 Å². The number of benzene rings is 2. The summed E-state index contributed by atoms with van der Waals surface area (Å²) in [4.78, 5) is 26.2. The third-order valence-electron chi connectivity index (χ3n) is 6.18. The molecule has 0 spiro atoms. The van der Waals surface area contributed by atoms with E-state index in [0.29, 0.717) is 27.9 Å². The Labute approximate surface area is 215 Å². The molecule has 0 radical (unpaired) electrons. The van der Waals surface area contributed by atoms with Gasteiger partial charge in [0.2, 0.25) is 11.6 Å². The molecule has 0 fully saturated rings. The van der Waals surface area contributed by atoms with Crippen molar-refractivity contribution in [2.75, 3.05) is 18.2 Å². The summed E-state index contributed by atoms with van der Waals surface area (Å²) in [5.74, 6) is 0.778. The second kappa shape index (κ2) is 10.4. The summed E-state index contributed by atoms with van der Waals surface area (Å²) in [6, 6.07) is 19.7. The zero-order chi connectivity index (χ0) is 25.1. The predicted octanol–water partition coefficient (Wildman–Crippen LogP) is 4.19. The van der Waals surface area contributed by atoms with Crippen molar-refractivity contribution in [1.29, 1.82) is 5.26 Å². The SMILES string of the molecule is COc1ccc(-[n+]2[nH]oc(=O)c2SCC(=O)Nc2sc3c(c2C#N)CCC(c2ccccc2)C3)cc1. The van der Waals surface area contributed by atoms with Crippen LogP contribution in [0.5, 0.6) is 5.75 Å². The summed E-state index contributed by atoms with van der Waals surface area (Å²) < 4.78 is 11.6. The predicted molar refractivity (Wildman–Crippen MR) is 137 cm³/mol. The van der Waals surface area contributed by atoms with Gasteiger partial charge < -0.3 is 10.1 Å². The molecule has 2 heterocycles. The number of amides is 1. The van der Waals surface area contributed by atoms with Crippen LogP contribution < -0.4 is 20.4 Å². The van der Waals surface area contributed by atoms with Gasteiger partial charge in [-0.2, -0.15) is 5.26 Å². The van der Waals surface area contributed by atoms with Crippen molar-refractivity contribution in [2.24, 2.45) is 0 Å². The van der Waals surface area contributed by atoms with Crippen LogP contribution in [0.25, 0.3) is 5.69 Å². The fourth-order valence-electron chi connectivity index (χ4n) is 4.39. The van der Waals surface area contributed by atoms with E-state index in [4.69, 9.17) is 9.26 Å². The van der Waals surface area contributed by atoms with Gasteiger partial charge in [-0.25, -0.2) is 4.79 Å². The Morgan fingerprint density at radius 2 is 2.06 bits per heavy atom. The van der Waals surface area contributed by atoms with Gasteiger partial charge in [0.05, 0.1) is 18.4 Å². The van der Waals surface area contributed by atoms with E-state index >= 15 is 0 Å². The van der Waals surface area contributed by atoms with Gasteiger partial charge in [-0.3, -0.25) is 9.32 Å². The molecule has 0 bridgehead atoms. The number of anilines is 1. The number of nitriles is 1. The van der Waals surface area contributed by atoms with Crippen LogP contribution in [0.4, 0.5) is 5.00 Å². The van der Waals surface area contributed by atoms with Crippen LogP contribution >= 0.6 is 23.1 Å². The number of fused-ring (bicyclic) bond motifs is 1. The van der Waals surface area contributed by atoms with Crippen molar-refractivity contribution in [1.82, 2.24) is 5.27 Å². The average Bonchev–Trinajstić information content (AvgIpc) is 3.46. The van der Waals surface area contributed by atoms with Crippen LogP contribution in [0.2, 0.25) is 0 Å². The Balaban J connectivity index is 1.28. The summed E-state index contributed by atoms with van der Waals surface area (Å²) in [7, 11) is 1.57. The second-order valence-electron chi connectivity index (χ2n) is 8.33. The molecule has 0 saturated heterocycles. The molecular formula is C26H23N4O4S2+. The number of H-pyrrole nitrogens is 1. The van der Waals surface area contributed by atoms with Crippen LogP contribution in [-0.4, -0.2) is 24.0 Å². The van der Waals surface area contributed by atoms with Crippen molar-refractivity contribution >= 4 is 34.0 Å². The molecule has 1 atom stereocenters. The number of rotatable bonds is 7. The summed E-state index contributed by atoms with van der Waals surface area (Å²) in [5.41, 5.74) is 2.98. The molecule has 5 rings (SSSR count). The number of thiophene rings is 1. The first-order chi connectivity index (χ1) is 17.6. The summed E-state index contributed by atoms with van der Waals surface area (Å²) in [6.07, 6.45) is 2.64. The Morgan fingerprint density at radius 3 is 2.78 bits per heavy atom. The van der Waals surface area contributed by atoms with Gasteiger partial charge in [-0.1, -0.05) is 30.3 Å². The number of hydrogen-bond donors (Lipinski definition) is 2. The zero-order valence-electron chi connectivity index (χ0n) is 19.4. The Kier molecular flexibility index (Phi) is 6.93. The minimum absolute atomic E-state index is 0.0150. The largest absolute Gasteiger partial charge is 0.497 e. The van der Waals surface area contributed by atoms with Gasteiger partial charge in [0.15, 0.2) is 0 Å². The molecule has 2 aromatic carbocycles.